The third-order valence-electron chi connectivity index (χ3n) is 2.44. The second-order valence-electron chi connectivity index (χ2n) is 3.93. The van der Waals surface area contributed by atoms with Crippen LogP contribution >= 0.6 is 23.2 Å². The molecule has 1 amide bonds. The number of benzene rings is 2. The number of carbonyl (C=O) groups excluding carboxylic acids is 1. The summed E-state index contributed by atoms with van der Waals surface area (Å²) in [7, 11) is 0. The maximum atomic E-state index is 11.7. The molecule has 1 N–H and O–H groups in total. The molecule has 0 aliphatic rings. The Hall–Kier alpha value is -1.71. The monoisotopic (exact) mass is 295 g/mol. The molecule has 0 atom stereocenters. The first kappa shape index (κ1) is 13.7. The number of rotatable bonds is 2. The van der Waals surface area contributed by atoms with Crippen LogP contribution in [0.25, 0.3) is 0 Å². The van der Waals surface area contributed by atoms with Crippen LogP contribution in [0.4, 0.5) is 10.5 Å². The molecule has 0 unspecified atom stereocenters. The summed E-state index contributed by atoms with van der Waals surface area (Å²) in [5.74, 6) is 0.417. The Morgan fingerprint density at radius 3 is 2.42 bits per heavy atom. The molecule has 0 aromatic heterocycles. The Morgan fingerprint density at radius 2 is 1.79 bits per heavy atom. The molecule has 0 spiro atoms. The van der Waals surface area contributed by atoms with E-state index >= 15 is 0 Å². The van der Waals surface area contributed by atoms with Crippen molar-refractivity contribution in [2.45, 2.75) is 6.92 Å². The van der Waals surface area contributed by atoms with E-state index in [1.165, 1.54) is 0 Å². The molecule has 19 heavy (non-hydrogen) atoms. The Morgan fingerprint density at radius 1 is 1.11 bits per heavy atom. The summed E-state index contributed by atoms with van der Waals surface area (Å²) in [4.78, 5) is 11.7. The molecule has 0 aliphatic heterocycles. The van der Waals surface area contributed by atoms with Gasteiger partial charge in [0, 0.05) is 15.7 Å². The topological polar surface area (TPSA) is 38.3 Å². The van der Waals surface area contributed by atoms with Crippen molar-refractivity contribution >= 4 is 35.0 Å². The lowest BCUT2D eigenvalue weighted by molar-refractivity contribution is 0.215. The molecule has 3 nitrogen and oxygen atoms in total. The van der Waals surface area contributed by atoms with Crippen molar-refractivity contribution < 1.29 is 9.53 Å². The average Bonchev–Trinajstić information content (AvgIpc) is 2.37. The van der Waals surface area contributed by atoms with Crippen LogP contribution in [-0.2, 0) is 0 Å². The average molecular weight is 296 g/mol. The van der Waals surface area contributed by atoms with E-state index in [9.17, 15) is 4.79 Å². The number of carbonyl (C=O) groups is 1. The van der Waals surface area contributed by atoms with Gasteiger partial charge in [-0.1, -0.05) is 29.3 Å². The van der Waals surface area contributed by atoms with Crippen molar-refractivity contribution in [2.75, 3.05) is 5.32 Å². The highest BCUT2D eigenvalue weighted by atomic mass is 35.5. The smallest absolute Gasteiger partial charge is 0.410 e. The van der Waals surface area contributed by atoms with E-state index in [-0.39, 0.29) is 0 Å². The Kier molecular flexibility index (Phi) is 4.30. The maximum absolute atomic E-state index is 11.7. The number of hydrogen-bond donors (Lipinski definition) is 1. The van der Waals surface area contributed by atoms with Crippen LogP contribution in [0.2, 0.25) is 10.0 Å². The first-order valence-corrected chi connectivity index (χ1v) is 6.31. The van der Waals surface area contributed by atoms with Crippen molar-refractivity contribution in [3.8, 4) is 5.75 Å². The summed E-state index contributed by atoms with van der Waals surface area (Å²) in [6, 6.07) is 11.8. The van der Waals surface area contributed by atoms with Gasteiger partial charge in [-0.15, -0.1) is 0 Å². The minimum absolute atomic E-state index is 0.417. The highest BCUT2D eigenvalue weighted by Crippen LogP contribution is 2.21. The Bertz CT molecular complexity index is 597. The normalized spacial score (nSPS) is 10.1. The third kappa shape index (κ3) is 3.88. The number of halogens is 2. The second-order valence-corrected chi connectivity index (χ2v) is 4.78. The summed E-state index contributed by atoms with van der Waals surface area (Å²) >= 11 is 11.7. The van der Waals surface area contributed by atoms with Gasteiger partial charge in [0.25, 0.3) is 0 Å². The molecule has 0 fully saturated rings. The molecule has 2 aromatic carbocycles. The highest BCUT2D eigenvalue weighted by molar-refractivity contribution is 6.31. The van der Waals surface area contributed by atoms with Gasteiger partial charge in [-0.2, -0.15) is 0 Å². The van der Waals surface area contributed by atoms with Crippen LogP contribution in [0.15, 0.2) is 42.5 Å². The zero-order valence-corrected chi connectivity index (χ0v) is 11.6. The lowest BCUT2D eigenvalue weighted by Crippen LogP contribution is -2.16. The molecule has 0 saturated carbocycles. The van der Waals surface area contributed by atoms with Gasteiger partial charge in [-0.3, -0.25) is 5.32 Å². The molecule has 5 heteroatoms. The molecule has 0 saturated heterocycles. The summed E-state index contributed by atoms with van der Waals surface area (Å²) < 4.78 is 5.09. The van der Waals surface area contributed by atoms with E-state index in [0.717, 1.165) is 5.56 Å². The number of hydrogen-bond acceptors (Lipinski definition) is 2. The van der Waals surface area contributed by atoms with Crippen LogP contribution in [0.3, 0.4) is 0 Å². The van der Waals surface area contributed by atoms with E-state index in [2.05, 4.69) is 5.32 Å². The van der Waals surface area contributed by atoms with Crippen molar-refractivity contribution in [1.82, 2.24) is 0 Å². The molecule has 0 bridgehead atoms. The quantitative estimate of drug-likeness (QED) is 0.854. The van der Waals surface area contributed by atoms with E-state index in [4.69, 9.17) is 27.9 Å². The molecule has 2 aromatic rings. The number of ether oxygens (including phenoxy) is 1. The minimum atomic E-state index is -0.581. The van der Waals surface area contributed by atoms with Gasteiger partial charge in [-0.25, -0.2) is 4.79 Å². The van der Waals surface area contributed by atoms with Crippen LogP contribution in [0.1, 0.15) is 5.56 Å². The van der Waals surface area contributed by atoms with Gasteiger partial charge < -0.3 is 4.74 Å². The van der Waals surface area contributed by atoms with Crippen molar-refractivity contribution in [3.05, 3.63) is 58.1 Å². The van der Waals surface area contributed by atoms with Gasteiger partial charge in [0.05, 0.1) is 0 Å². The Balaban J connectivity index is 2.01. The van der Waals surface area contributed by atoms with Gasteiger partial charge >= 0.3 is 6.09 Å². The number of aryl methyl sites for hydroxylation is 1. The van der Waals surface area contributed by atoms with E-state index in [1.807, 2.05) is 13.0 Å². The van der Waals surface area contributed by atoms with Crippen LogP contribution < -0.4 is 10.1 Å². The first-order chi connectivity index (χ1) is 9.04. The van der Waals surface area contributed by atoms with Crippen molar-refractivity contribution in [3.63, 3.8) is 0 Å². The fraction of sp³-hybridized carbons (Fsp3) is 0.0714. The highest BCUT2D eigenvalue weighted by Gasteiger charge is 2.06. The number of nitrogens with one attached hydrogen (secondary N) is 1. The van der Waals surface area contributed by atoms with E-state index in [1.54, 1.807) is 36.4 Å². The molecule has 0 radical (unpaired) electrons. The largest absolute Gasteiger partial charge is 0.417 e. The third-order valence-corrected chi connectivity index (χ3v) is 3.10. The SMILES string of the molecule is Cc1ccc(NC(=O)Oc2ccc(Cl)cc2)cc1Cl. The molecular weight excluding hydrogens is 285 g/mol. The van der Waals surface area contributed by atoms with E-state index < -0.39 is 6.09 Å². The molecule has 0 aliphatic carbocycles. The molecule has 2 rings (SSSR count). The second kappa shape index (κ2) is 5.95. The van der Waals surface area contributed by atoms with Crippen molar-refractivity contribution in [1.29, 1.82) is 0 Å². The fourth-order valence-electron chi connectivity index (χ4n) is 1.42. The summed E-state index contributed by atoms with van der Waals surface area (Å²) in [6.07, 6.45) is -0.581. The van der Waals surface area contributed by atoms with Gasteiger partial charge in [0.15, 0.2) is 0 Å². The number of anilines is 1. The number of amides is 1. The zero-order valence-electron chi connectivity index (χ0n) is 10.1. The fourth-order valence-corrected chi connectivity index (χ4v) is 1.73. The van der Waals surface area contributed by atoms with E-state index in [0.29, 0.717) is 21.5 Å². The lowest BCUT2D eigenvalue weighted by Gasteiger charge is -2.07. The predicted molar refractivity (Wildman–Crippen MR) is 77.3 cm³/mol. The zero-order chi connectivity index (χ0) is 13.8. The minimum Gasteiger partial charge on any atom is -0.410 e. The first-order valence-electron chi connectivity index (χ1n) is 5.55. The Labute approximate surface area is 121 Å². The molecular formula is C14H11Cl2NO2. The standard InChI is InChI=1S/C14H11Cl2NO2/c1-9-2-5-11(8-13(9)16)17-14(18)19-12-6-3-10(15)4-7-12/h2-8H,1H3,(H,17,18). The van der Waals surface area contributed by atoms with Gasteiger partial charge in [0.1, 0.15) is 5.75 Å². The lowest BCUT2D eigenvalue weighted by atomic mass is 10.2. The maximum Gasteiger partial charge on any atom is 0.417 e. The van der Waals surface area contributed by atoms with Crippen LogP contribution in [0.5, 0.6) is 5.75 Å². The van der Waals surface area contributed by atoms with Crippen LogP contribution in [0, 0.1) is 6.92 Å². The van der Waals surface area contributed by atoms with Gasteiger partial charge in [0.2, 0.25) is 0 Å². The predicted octanol–water partition coefficient (Wildman–Crippen LogP) is 4.91. The molecule has 98 valence electrons. The van der Waals surface area contributed by atoms with Gasteiger partial charge in [-0.05, 0) is 48.9 Å². The van der Waals surface area contributed by atoms with Crippen molar-refractivity contribution in [2.24, 2.45) is 0 Å². The summed E-state index contributed by atoms with van der Waals surface area (Å²) in [5.41, 5.74) is 1.52. The molecule has 0 heterocycles. The van der Waals surface area contributed by atoms with Crippen LogP contribution in [-0.4, -0.2) is 6.09 Å². The summed E-state index contributed by atoms with van der Waals surface area (Å²) in [5, 5.41) is 3.76. The summed E-state index contributed by atoms with van der Waals surface area (Å²) in [6.45, 7) is 1.89.